The molecule has 2 rings (SSSR count). The highest BCUT2D eigenvalue weighted by atomic mass is 19.4. The maximum Gasteiger partial charge on any atom is 0.427 e. The predicted octanol–water partition coefficient (Wildman–Crippen LogP) is 8.31. The number of carbonyl (C=O) groups is 1. The van der Waals surface area contributed by atoms with Gasteiger partial charge in [0, 0.05) is 12.5 Å². The Labute approximate surface area is 208 Å². The van der Waals surface area contributed by atoms with Crippen LogP contribution in [-0.2, 0) is 14.3 Å². The molecule has 0 saturated heterocycles. The minimum absolute atomic E-state index is 0.0259. The molecule has 0 heterocycles. The summed E-state index contributed by atoms with van der Waals surface area (Å²) in [7, 11) is 0. The highest BCUT2D eigenvalue weighted by Crippen LogP contribution is 2.38. The second-order valence-electron chi connectivity index (χ2n) is 9.43. The first-order valence-corrected chi connectivity index (χ1v) is 13.1. The number of benzene rings is 1. The lowest BCUT2D eigenvalue weighted by Gasteiger charge is -2.31. The van der Waals surface area contributed by atoms with Gasteiger partial charge in [0.1, 0.15) is 5.41 Å². The van der Waals surface area contributed by atoms with Crippen molar-refractivity contribution < 1.29 is 27.4 Å². The van der Waals surface area contributed by atoms with Crippen molar-refractivity contribution in [3.63, 3.8) is 0 Å². The van der Waals surface area contributed by atoms with E-state index < -0.39 is 30.3 Å². The summed E-state index contributed by atoms with van der Waals surface area (Å²) in [5.74, 6) is -0.885. The summed E-state index contributed by atoms with van der Waals surface area (Å²) in [6.07, 6.45) is 10.1. The standard InChI is InChI=1S/C29H41F3O3/c1-3-5-6-7-8-9-10-14-19-28(20-17-25(18-21-28)24-15-12-11-13-16-24)27(33)35-26(29(30,31)32)23-34-22-4-2/h11-13,15-18,20-21,25-26H,3-10,14,19,22-23H2,1-2H3. The highest BCUT2D eigenvalue weighted by molar-refractivity contribution is 5.82. The molecule has 0 N–H and O–H groups in total. The molecular formula is C29H41F3O3. The maximum absolute atomic E-state index is 13.6. The van der Waals surface area contributed by atoms with E-state index in [1.807, 2.05) is 49.4 Å². The Morgan fingerprint density at radius 2 is 1.51 bits per heavy atom. The molecule has 0 fully saturated rings. The third-order valence-corrected chi connectivity index (χ3v) is 6.44. The van der Waals surface area contributed by atoms with E-state index in [1.54, 1.807) is 12.2 Å². The molecule has 6 heteroatoms. The molecule has 3 nitrogen and oxygen atoms in total. The summed E-state index contributed by atoms with van der Waals surface area (Å²) in [6.45, 7) is 3.50. The number of alkyl halides is 3. The van der Waals surface area contributed by atoms with Crippen LogP contribution in [0.15, 0.2) is 54.6 Å². The van der Waals surface area contributed by atoms with Crippen LogP contribution in [0.5, 0.6) is 0 Å². The summed E-state index contributed by atoms with van der Waals surface area (Å²) in [5, 5.41) is 0. The normalized spacial score (nSPS) is 20.7. The van der Waals surface area contributed by atoms with Crippen LogP contribution >= 0.6 is 0 Å². The van der Waals surface area contributed by atoms with Gasteiger partial charge in [-0.25, -0.2) is 0 Å². The third-order valence-electron chi connectivity index (χ3n) is 6.44. The largest absolute Gasteiger partial charge is 0.449 e. The minimum Gasteiger partial charge on any atom is -0.449 e. The van der Waals surface area contributed by atoms with E-state index in [2.05, 4.69) is 6.92 Å². The number of halogens is 3. The second kappa shape index (κ2) is 15.1. The van der Waals surface area contributed by atoms with E-state index in [0.717, 1.165) is 31.2 Å². The van der Waals surface area contributed by atoms with Crippen LogP contribution in [0.1, 0.15) is 89.5 Å². The number of unbranched alkanes of at least 4 members (excludes halogenated alkanes) is 7. The van der Waals surface area contributed by atoms with Gasteiger partial charge in [0.2, 0.25) is 6.10 Å². The minimum atomic E-state index is -4.68. The summed E-state index contributed by atoms with van der Waals surface area (Å²) in [6, 6.07) is 9.80. The van der Waals surface area contributed by atoms with Gasteiger partial charge in [-0.15, -0.1) is 0 Å². The molecule has 196 valence electrons. The number of allylic oxidation sites excluding steroid dienone is 2. The smallest absolute Gasteiger partial charge is 0.427 e. The van der Waals surface area contributed by atoms with Crippen LogP contribution < -0.4 is 0 Å². The molecule has 1 aromatic rings. The monoisotopic (exact) mass is 494 g/mol. The van der Waals surface area contributed by atoms with Crippen molar-refractivity contribution in [2.24, 2.45) is 5.41 Å². The Hall–Kier alpha value is -2.08. The van der Waals surface area contributed by atoms with Crippen LogP contribution in [0.4, 0.5) is 13.2 Å². The number of carbonyl (C=O) groups excluding carboxylic acids is 1. The van der Waals surface area contributed by atoms with Crippen LogP contribution in [-0.4, -0.2) is 31.5 Å². The van der Waals surface area contributed by atoms with Gasteiger partial charge in [-0.1, -0.05) is 120 Å². The molecule has 0 saturated carbocycles. The zero-order valence-electron chi connectivity index (χ0n) is 21.2. The Morgan fingerprint density at radius 1 is 0.914 bits per heavy atom. The van der Waals surface area contributed by atoms with Crippen molar-refractivity contribution >= 4 is 5.97 Å². The molecule has 0 radical (unpaired) electrons. The Kier molecular flexibility index (Phi) is 12.6. The molecule has 1 aliphatic carbocycles. The zero-order chi connectivity index (χ0) is 25.6. The van der Waals surface area contributed by atoms with Crippen LogP contribution in [0.25, 0.3) is 0 Å². The molecule has 0 amide bonds. The maximum atomic E-state index is 13.6. The van der Waals surface area contributed by atoms with Crippen molar-refractivity contribution in [1.29, 1.82) is 0 Å². The van der Waals surface area contributed by atoms with E-state index in [4.69, 9.17) is 9.47 Å². The lowest BCUT2D eigenvalue weighted by Crippen LogP contribution is -2.42. The summed E-state index contributed by atoms with van der Waals surface area (Å²) in [4.78, 5) is 13.2. The Bertz CT molecular complexity index is 772. The van der Waals surface area contributed by atoms with Gasteiger partial charge in [0.25, 0.3) is 0 Å². The summed E-state index contributed by atoms with van der Waals surface area (Å²) in [5.41, 5.74) is -0.128. The first-order chi connectivity index (χ1) is 16.8. The predicted molar refractivity (Wildman–Crippen MR) is 134 cm³/mol. The van der Waals surface area contributed by atoms with Crippen LogP contribution in [0, 0.1) is 5.41 Å². The van der Waals surface area contributed by atoms with Crippen molar-refractivity contribution in [3.05, 3.63) is 60.2 Å². The number of ether oxygens (including phenoxy) is 2. The molecule has 1 aromatic carbocycles. The lowest BCUT2D eigenvalue weighted by atomic mass is 9.76. The topological polar surface area (TPSA) is 35.5 Å². The zero-order valence-corrected chi connectivity index (χ0v) is 21.2. The van der Waals surface area contributed by atoms with E-state index in [9.17, 15) is 18.0 Å². The van der Waals surface area contributed by atoms with E-state index in [-0.39, 0.29) is 12.5 Å². The Balaban J connectivity index is 2.08. The number of hydrogen-bond acceptors (Lipinski definition) is 3. The SMILES string of the molecule is CCCCCCCCCCC1(C(=O)OC(COCCC)C(F)(F)F)C=CC(c2ccccc2)C=C1. The van der Waals surface area contributed by atoms with Crippen molar-refractivity contribution in [2.75, 3.05) is 13.2 Å². The average Bonchev–Trinajstić information content (AvgIpc) is 2.85. The van der Waals surface area contributed by atoms with Crippen molar-refractivity contribution in [1.82, 2.24) is 0 Å². The van der Waals surface area contributed by atoms with Gasteiger partial charge in [-0.3, -0.25) is 4.79 Å². The third kappa shape index (κ3) is 9.83. The fourth-order valence-corrected chi connectivity index (χ4v) is 4.29. The first kappa shape index (κ1) is 29.2. The van der Waals surface area contributed by atoms with E-state index in [0.29, 0.717) is 12.8 Å². The number of rotatable bonds is 16. The lowest BCUT2D eigenvalue weighted by molar-refractivity contribution is -0.235. The van der Waals surface area contributed by atoms with Gasteiger partial charge in [0.05, 0.1) is 6.61 Å². The van der Waals surface area contributed by atoms with E-state index >= 15 is 0 Å². The fourth-order valence-electron chi connectivity index (χ4n) is 4.29. The summed E-state index contributed by atoms with van der Waals surface area (Å²) < 4.78 is 50.9. The van der Waals surface area contributed by atoms with Gasteiger partial charge in [-0.2, -0.15) is 13.2 Å². The molecule has 1 aliphatic rings. The summed E-state index contributed by atoms with van der Waals surface area (Å²) >= 11 is 0. The fraction of sp³-hybridized carbons (Fsp3) is 0.621. The molecule has 0 bridgehead atoms. The molecule has 0 aliphatic heterocycles. The average molecular weight is 495 g/mol. The number of esters is 1. The van der Waals surface area contributed by atoms with Crippen LogP contribution in [0.3, 0.4) is 0 Å². The highest BCUT2D eigenvalue weighted by Gasteiger charge is 2.46. The van der Waals surface area contributed by atoms with Gasteiger partial charge < -0.3 is 9.47 Å². The second-order valence-corrected chi connectivity index (χ2v) is 9.43. The molecule has 35 heavy (non-hydrogen) atoms. The van der Waals surface area contributed by atoms with Gasteiger partial charge in [-0.05, 0) is 18.4 Å². The number of hydrogen-bond donors (Lipinski definition) is 0. The Morgan fingerprint density at radius 3 is 2.09 bits per heavy atom. The molecule has 0 aromatic heterocycles. The van der Waals surface area contributed by atoms with Crippen molar-refractivity contribution in [2.45, 2.75) is 96.3 Å². The van der Waals surface area contributed by atoms with Gasteiger partial charge in [0.15, 0.2) is 0 Å². The van der Waals surface area contributed by atoms with Crippen LogP contribution in [0.2, 0.25) is 0 Å². The van der Waals surface area contributed by atoms with Crippen molar-refractivity contribution in [3.8, 4) is 0 Å². The quantitative estimate of drug-likeness (QED) is 0.132. The first-order valence-electron chi connectivity index (χ1n) is 13.1. The van der Waals surface area contributed by atoms with E-state index in [1.165, 1.54) is 25.7 Å². The molecule has 1 atom stereocenters. The molecule has 1 unspecified atom stereocenters. The molecular weight excluding hydrogens is 453 g/mol. The van der Waals surface area contributed by atoms with Gasteiger partial charge >= 0.3 is 12.1 Å². The molecule has 0 spiro atoms.